The first-order valence-corrected chi connectivity index (χ1v) is 12.8. The van der Waals surface area contributed by atoms with Gasteiger partial charge >= 0.3 is 11.9 Å². The predicted molar refractivity (Wildman–Crippen MR) is 137 cm³/mol. The van der Waals surface area contributed by atoms with E-state index in [4.69, 9.17) is 14.2 Å². The van der Waals surface area contributed by atoms with Gasteiger partial charge in [0, 0.05) is 18.1 Å². The minimum atomic E-state index is -2.56. The first kappa shape index (κ1) is 30.4. The average Bonchev–Trinajstić information content (AvgIpc) is 2.91. The number of phenolic OH excluding ortho intramolecular Hbond substituents is 2. The number of hydrogen-bond donors (Lipinski definition) is 7. The summed E-state index contributed by atoms with van der Waals surface area (Å²) in [5.41, 5.74) is -3.88. The molecular weight excluding hydrogens is 544 g/mol. The predicted octanol–water partition coefficient (Wildman–Crippen LogP) is -0.649. The van der Waals surface area contributed by atoms with Crippen molar-refractivity contribution >= 4 is 17.7 Å². The molecule has 41 heavy (non-hydrogen) atoms. The molecule has 1 aliphatic carbocycles. The van der Waals surface area contributed by atoms with Crippen LogP contribution in [0.2, 0.25) is 0 Å². The van der Waals surface area contributed by atoms with Crippen molar-refractivity contribution in [3.8, 4) is 11.5 Å². The number of carbonyl (C=O) groups excluding carboxylic acids is 3. The van der Waals surface area contributed by atoms with E-state index in [9.17, 15) is 50.1 Å². The molecule has 0 spiro atoms. The van der Waals surface area contributed by atoms with Gasteiger partial charge in [-0.05, 0) is 37.6 Å². The first-order valence-electron chi connectivity index (χ1n) is 12.8. The van der Waals surface area contributed by atoms with Crippen LogP contribution in [0.1, 0.15) is 53.4 Å². The third-order valence-electron chi connectivity index (χ3n) is 7.55. The number of carbonyl (C=O) groups is 3. The molecule has 2 aliphatic rings. The molecule has 1 saturated heterocycles. The van der Waals surface area contributed by atoms with Crippen LogP contribution < -0.4 is 0 Å². The van der Waals surface area contributed by atoms with Crippen LogP contribution in [0.3, 0.4) is 0 Å². The normalized spacial score (nSPS) is 28.7. The Bertz CT molecular complexity index is 1350. The number of hydrogen-bond acceptors (Lipinski definition) is 13. The molecule has 13 nitrogen and oxygen atoms in total. The third kappa shape index (κ3) is 5.27. The summed E-state index contributed by atoms with van der Waals surface area (Å²) in [6.07, 6.45) is -9.94. The van der Waals surface area contributed by atoms with Crippen LogP contribution in [0.25, 0.3) is 0 Å². The minimum absolute atomic E-state index is 0.101. The van der Waals surface area contributed by atoms with E-state index in [0.29, 0.717) is 0 Å². The van der Waals surface area contributed by atoms with Crippen molar-refractivity contribution in [2.75, 3.05) is 6.61 Å². The Labute approximate surface area is 234 Å². The highest BCUT2D eigenvalue weighted by Crippen LogP contribution is 2.50. The molecule has 1 fully saturated rings. The maximum Gasteiger partial charge on any atom is 0.311 e. The number of aromatic hydroxyl groups is 2. The fourth-order valence-electron chi connectivity index (χ4n) is 5.10. The molecule has 4 rings (SSSR count). The summed E-state index contributed by atoms with van der Waals surface area (Å²) in [5, 5.41) is 75.8. The number of phenols is 2. The second-order valence-electron chi connectivity index (χ2n) is 10.3. The highest BCUT2D eigenvalue weighted by molar-refractivity contribution is 6.16. The highest BCUT2D eigenvalue weighted by atomic mass is 16.6. The molecule has 13 heteroatoms. The van der Waals surface area contributed by atoms with Gasteiger partial charge in [0.15, 0.2) is 0 Å². The fourth-order valence-corrected chi connectivity index (χ4v) is 5.10. The van der Waals surface area contributed by atoms with Crippen LogP contribution in [-0.2, 0) is 36.0 Å². The van der Waals surface area contributed by atoms with Gasteiger partial charge in [0.1, 0.15) is 60.8 Å². The van der Waals surface area contributed by atoms with Gasteiger partial charge < -0.3 is 50.0 Å². The monoisotopic (exact) mass is 576 g/mol. The van der Waals surface area contributed by atoms with E-state index in [1.165, 1.54) is 38.1 Å². The quantitative estimate of drug-likeness (QED) is 0.204. The van der Waals surface area contributed by atoms with E-state index in [-0.39, 0.29) is 16.7 Å². The van der Waals surface area contributed by atoms with Gasteiger partial charge in [-0.25, -0.2) is 0 Å². The van der Waals surface area contributed by atoms with Crippen molar-refractivity contribution in [3.05, 3.63) is 58.1 Å². The zero-order chi connectivity index (χ0) is 30.4. The third-order valence-corrected chi connectivity index (χ3v) is 7.55. The molecule has 2 aromatic rings. The molecule has 8 unspecified atom stereocenters. The van der Waals surface area contributed by atoms with E-state index in [2.05, 4.69) is 0 Å². The van der Waals surface area contributed by atoms with Gasteiger partial charge in [-0.15, -0.1) is 0 Å². The molecule has 2 aromatic carbocycles. The number of benzene rings is 2. The Balaban J connectivity index is 1.86. The van der Waals surface area contributed by atoms with Gasteiger partial charge in [0.2, 0.25) is 5.78 Å². The molecule has 1 heterocycles. The van der Waals surface area contributed by atoms with Crippen LogP contribution in [-0.4, -0.2) is 96.7 Å². The number of aliphatic hydroxyl groups excluding tert-OH is 4. The van der Waals surface area contributed by atoms with Gasteiger partial charge in [-0.1, -0.05) is 12.1 Å². The van der Waals surface area contributed by atoms with Crippen LogP contribution >= 0.6 is 0 Å². The van der Waals surface area contributed by atoms with Crippen molar-refractivity contribution < 1.29 is 64.3 Å². The largest absolute Gasteiger partial charge is 0.507 e. The van der Waals surface area contributed by atoms with Gasteiger partial charge in [0.25, 0.3) is 0 Å². The van der Waals surface area contributed by atoms with Crippen molar-refractivity contribution in [3.63, 3.8) is 0 Å². The lowest BCUT2D eigenvalue weighted by molar-refractivity contribution is -0.266. The molecule has 8 atom stereocenters. The van der Waals surface area contributed by atoms with Crippen LogP contribution in [0, 0.1) is 5.92 Å². The van der Waals surface area contributed by atoms with Crippen molar-refractivity contribution in [1.29, 1.82) is 0 Å². The molecule has 7 N–H and O–H groups in total. The van der Waals surface area contributed by atoms with Crippen LogP contribution in [0.4, 0.5) is 0 Å². The van der Waals surface area contributed by atoms with Crippen molar-refractivity contribution in [2.24, 2.45) is 5.92 Å². The maximum absolute atomic E-state index is 13.5. The molecule has 222 valence electrons. The van der Waals surface area contributed by atoms with E-state index in [1.54, 1.807) is 0 Å². The fraction of sp³-hybridized carbons (Fsp3) is 0.464. The minimum Gasteiger partial charge on any atom is -0.507 e. The molecule has 0 saturated carbocycles. The molecule has 0 aromatic heterocycles. The number of esters is 2. The lowest BCUT2D eigenvalue weighted by atomic mass is 9.68. The summed E-state index contributed by atoms with van der Waals surface area (Å²) < 4.78 is 16.0. The van der Waals surface area contributed by atoms with Gasteiger partial charge in [0.05, 0.1) is 23.1 Å². The zero-order valence-electron chi connectivity index (χ0n) is 22.4. The summed E-state index contributed by atoms with van der Waals surface area (Å²) in [7, 11) is 0. The van der Waals surface area contributed by atoms with Crippen molar-refractivity contribution in [2.45, 2.75) is 69.6 Å². The van der Waals surface area contributed by atoms with E-state index < -0.39 is 102 Å². The van der Waals surface area contributed by atoms with Crippen LogP contribution in [0.15, 0.2) is 30.3 Å². The van der Waals surface area contributed by atoms with Gasteiger partial charge in [-0.3, -0.25) is 14.4 Å². The highest BCUT2D eigenvalue weighted by Gasteiger charge is 2.58. The average molecular weight is 577 g/mol. The summed E-state index contributed by atoms with van der Waals surface area (Å²) in [6.45, 7) is 2.95. The summed E-state index contributed by atoms with van der Waals surface area (Å²) in [6, 6.07) is 6.11. The summed E-state index contributed by atoms with van der Waals surface area (Å²) in [4.78, 5) is 37.2. The van der Waals surface area contributed by atoms with Crippen LogP contribution in [0.5, 0.6) is 11.5 Å². The Morgan fingerprint density at radius 1 is 0.976 bits per heavy atom. The molecule has 0 bridgehead atoms. The molecule has 1 aliphatic heterocycles. The number of rotatable bonds is 7. The summed E-state index contributed by atoms with van der Waals surface area (Å²) >= 11 is 0. The number of ether oxygens (including phenoxy) is 3. The molecule has 0 amide bonds. The maximum atomic E-state index is 13.5. The number of ketones is 1. The lowest BCUT2D eigenvalue weighted by Crippen LogP contribution is -2.65. The Hall–Kier alpha value is -3.59. The number of aliphatic hydroxyl groups is 5. The Morgan fingerprint density at radius 3 is 2.27 bits per heavy atom. The SMILES string of the molecule is CC(=O)OCC1OC(C2(O)c3cccc(O)c3C(=O)c3c(O)cc(COC(=O)C(C)C(C)O)cc32)C(O)C(O)C1O. The summed E-state index contributed by atoms with van der Waals surface area (Å²) in [5.74, 6) is -4.43. The first-order chi connectivity index (χ1) is 19.2. The second kappa shape index (κ2) is 11.4. The zero-order valence-corrected chi connectivity index (χ0v) is 22.4. The smallest absolute Gasteiger partial charge is 0.311 e. The second-order valence-corrected chi connectivity index (χ2v) is 10.3. The van der Waals surface area contributed by atoms with E-state index in [1.807, 2.05) is 0 Å². The van der Waals surface area contributed by atoms with Crippen molar-refractivity contribution in [1.82, 2.24) is 0 Å². The Kier molecular flexibility index (Phi) is 8.41. The van der Waals surface area contributed by atoms with Gasteiger partial charge in [-0.2, -0.15) is 0 Å². The molecular formula is C28H32O13. The van der Waals surface area contributed by atoms with E-state index >= 15 is 0 Å². The van der Waals surface area contributed by atoms with E-state index in [0.717, 1.165) is 13.0 Å². The Morgan fingerprint density at radius 2 is 1.63 bits per heavy atom. The number of fused-ring (bicyclic) bond motifs is 2. The topological polar surface area (TPSA) is 221 Å². The lowest BCUT2D eigenvalue weighted by Gasteiger charge is -2.49. The molecule has 0 radical (unpaired) electrons. The standard InChI is InChI=1S/C28H32O13/c1-11(12(2)29)27(37)40-9-14-7-16-21(18(32)8-14)23(34)20-15(5-4-6-17(20)31)28(16,38)26-25(36)24(35)22(33)19(41-26)10-39-13(3)30/h4-8,11-12,19,22,24-26,29,31-33,35-36,38H,9-10H2,1-3H3.